The second-order valence-corrected chi connectivity index (χ2v) is 8.24. The normalized spacial score (nSPS) is 20.8. The molecule has 2 N–H and O–H groups in total. The quantitative estimate of drug-likeness (QED) is 0.580. The van der Waals surface area contributed by atoms with Gasteiger partial charge in [0.25, 0.3) is 0 Å². The molecule has 29 heavy (non-hydrogen) atoms. The summed E-state index contributed by atoms with van der Waals surface area (Å²) in [6.07, 6.45) is 0. The molecular formula is C21H19ClN2O4S. The summed E-state index contributed by atoms with van der Waals surface area (Å²) in [6, 6.07) is 13.8. The molecule has 0 radical (unpaired) electrons. The first kappa shape index (κ1) is 19.8. The highest BCUT2D eigenvalue weighted by atomic mass is 35.5. The largest absolute Gasteiger partial charge is 0.497 e. The van der Waals surface area contributed by atoms with Gasteiger partial charge in [-0.25, -0.2) is 4.79 Å². The van der Waals surface area contributed by atoms with Gasteiger partial charge in [-0.15, -0.1) is 11.8 Å². The molecule has 2 aromatic rings. The van der Waals surface area contributed by atoms with Crippen LogP contribution in [0.25, 0.3) is 5.57 Å². The Bertz CT molecular complexity index is 975. The molecule has 0 spiro atoms. The number of nitrogens with zero attached hydrogens (tertiary/aromatic N) is 1. The van der Waals surface area contributed by atoms with Crippen molar-refractivity contribution in [3.63, 3.8) is 0 Å². The number of rotatable bonds is 5. The van der Waals surface area contributed by atoms with Crippen LogP contribution in [-0.2, 0) is 20.9 Å². The molecule has 8 heteroatoms. The average molecular weight is 431 g/mol. The van der Waals surface area contributed by atoms with Crippen LogP contribution in [0.15, 0.2) is 54.2 Å². The summed E-state index contributed by atoms with van der Waals surface area (Å²) >= 11 is 7.53. The molecule has 1 saturated heterocycles. The maximum atomic E-state index is 13.0. The van der Waals surface area contributed by atoms with E-state index in [2.05, 4.69) is 0 Å². The Hall–Kier alpha value is -2.48. The van der Waals surface area contributed by atoms with Crippen molar-refractivity contribution in [2.24, 2.45) is 5.73 Å². The Kier molecular flexibility index (Phi) is 5.54. The van der Waals surface area contributed by atoms with E-state index in [1.165, 1.54) is 16.7 Å². The van der Waals surface area contributed by atoms with E-state index in [0.717, 1.165) is 22.4 Å². The monoisotopic (exact) mass is 430 g/mol. The van der Waals surface area contributed by atoms with Crippen LogP contribution in [0.2, 0.25) is 5.02 Å². The van der Waals surface area contributed by atoms with Crippen molar-refractivity contribution in [3.05, 3.63) is 70.4 Å². The van der Waals surface area contributed by atoms with E-state index in [9.17, 15) is 9.59 Å². The summed E-state index contributed by atoms with van der Waals surface area (Å²) in [5.41, 5.74) is 8.56. The number of esters is 1. The molecule has 2 aliphatic heterocycles. The summed E-state index contributed by atoms with van der Waals surface area (Å²) in [4.78, 5) is 26.9. The molecule has 2 aliphatic rings. The summed E-state index contributed by atoms with van der Waals surface area (Å²) in [5.74, 6) is 0.456. The van der Waals surface area contributed by atoms with E-state index in [0.29, 0.717) is 10.8 Å². The Morgan fingerprint density at radius 3 is 2.55 bits per heavy atom. The van der Waals surface area contributed by atoms with E-state index >= 15 is 0 Å². The van der Waals surface area contributed by atoms with Gasteiger partial charge >= 0.3 is 5.97 Å². The van der Waals surface area contributed by atoms with Gasteiger partial charge in [0.2, 0.25) is 5.91 Å². The Labute approximate surface area is 177 Å². The molecule has 0 aromatic heterocycles. The number of methoxy groups -OCH3 is 1. The van der Waals surface area contributed by atoms with Crippen molar-refractivity contribution >= 4 is 40.8 Å². The zero-order valence-electron chi connectivity index (χ0n) is 15.6. The zero-order chi connectivity index (χ0) is 20.5. The highest BCUT2D eigenvalue weighted by Crippen LogP contribution is 2.43. The van der Waals surface area contributed by atoms with Gasteiger partial charge in [0.15, 0.2) is 0 Å². The summed E-state index contributed by atoms with van der Waals surface area (Å²) < 4.78 is 10.7. The summed E-state index contributed by atoms with van der Waals surface area (Å²) in [7, 11) is 1.59. The van der Waals surface area contributed by atoms with Gasteiger partial charge in [-0.3, -0.25) is 9.69 Å². The van der Waals surface area contributed by atoms with Crippen LogP contribution in [0.4, 0.5) is 0 Å². The molecule has 0 saturated carbocycles. The van der Waals surface area contributed by atoms with Crippen molar-refractivity contribution in [2.75, 3.05) is 12.9 Å². The van der Waals surface area contributed by atoms with Gasteiger partial charge in [-0.05, 0) is 35.4 Å². The second-order valence-electron chi connectivity index (χ2n) is 6.69. The smallest absolute Gasteiger partial charge is 0.355 e. The van der Waals surface area contributed by atoms with Crippen LogP contribution in [0.1, 0.15) is 11.1 Å². The Morgan fingerprint density at radius 2 is 1.90 bits per heavy atom. The van der Waals surface area contributed by atoms with Crippen molar-refractivity contribution in [3.8, 4) is 5.75 Å². The number of fused-ring (bicyclic) bond motifs is 1. The van der Waals surface area contributed by atoms with Crippen LogP contribution < -0.4 is 10.5 Å². The van der Waals surface area contributed by atoms with E-state index in [-0.39, 0.29) is 23.6 Å². The molecule has 0 unspecified atom stereocenters. The third kappa shape index (κ3) is 3.73. The standard InChI is InChI=1S/C21H19ClN2O4S/c1-27-15-8-2-12(3-9-15)10-28-21(26)18-16(13-4-6-14(22)7-5-13)11-29-20-17(23)19(25)24(18)20/h2-9,17,20H,10-11,23H2,1H3/t17-,20+/m1/s1. The zero-order valence-corrected chi connectivity index (χ0v) is 17.2. The van der Waals surface area contributed by atoms with Gasteiger partial charge < -0.3 is 15.2 Å². The lowest BCUT2D eigenvalue weighted by atomic mass is 9.99. The molecule has 2 heterocycles. The molecule has 150 valence electrons. The molecule has 1 fully saturated rings. The SMILES string of the molecule is COc1ccc(COC(=O)C2=C(c3ccc(Cl)cc3)CS[C@H]3[C@H](N)C(=O)N23)cc1. The topological polar surface area (TPSA) is 81.9 Å². The van der Waals surface area contributed by atoms with E-state index in [1.54, 1.807) is 31.4 Å². The maximum Gasteiger partial charge on any atom is 0.355 e. The first-order valence-electron chi connectivity index (χ1n) is 8.99. The predicted molar refractivity (Wildman–Crippen MR) is 112 cm³/mol. The van der Waals surface area contributed by atoms with Crippen molar-refractivity contribution in [1.29, 1.82) is 0 Å². The number of nitrogens with two attached hydrogens (primary N) is 1. The molecule has 0 aliphatic carbocycles. The summed E-state index contributed by atoms with van der Waals surface area (Å²) in [5, 5.41) is 0.350. The molecular weight excluding hydrogens is 412 g/mol. The number of carbonyl (C=O) groups excluding carboxylic acids is 2. The molecule has 1 amide bonds. The van der Waals surface area contributed by atoms with Crippen molar-refractivity contribution < 1.29 is 19.1 Å². The molecule has 4 rings (SSSR count). The van der Waals surface area contributed by atoms with Gasteiger partial charge in [-0.2, -0.15) is 0 Å². The molecule has 2 aromatic carbocycles. The minimum Gasteiger partial charge on any atom is -0.497 e. The minimum absolute atomic E-state index is 0.0894. The van der Waals surface area contributed by atoms with E-state index < -0.39 is 12.0 Å². The minimum atomic E-state index is -0.601. The van der Waals surface area contributed by atoms with Crippen LogP contribution in [0, 0.1) is 0 Å². The fraction of sp³-hybridized carbons (Fsp3) is 0.238. The van der Waals surface area contributed by atoms with Gasteiger partial charge in [0.1, 0.15) is 29.5 Å². The summed E-state index contributed by atoms with van der Waals surface area (Å²) in [6.45, 7) is 0.0894. The molecule has 6 nitrogen and oxygen atoms in total. The number of carbonyl (C=O) groups is 2. The number of benzene rings is 2. The van der Waals surface area contributed by atoms with Crippen molar-refractivity contribution in [1.82, 2.24) is 4.90 Å². The van der Waals surface area contributed by atoms with Crippen molar-refractivity contribution in [2.45, 2.75) is 18.0 Å². The average Bonchev–Trinajstić information content (AvgIpc) is 2.76. The van der Waals surface area contributed by atoms with Crippen LogP contribution in [-0.4, -0.2) is 41.1 Å². The number of amides is 1. The van der Waals surface area contributed by atoms with E-state index in [4.69, 9.17) is 26.8 Å². The Morgan fingerprint density at radius 1 is 1.21 bits per heavy atom. The second kappa shape index (κ2) is 8.10. The Balaban J connectivity index is 1.62. The van der Waals surface area contributed by atoms with Crippen LogP contribution in [0.5, 0.6) is 5.75 Å². The lowest BCUT2D eigenvalue weighted by molar-refractivity contribution is -0.151. The van der Waals surface area contributed by atoms with Crippen LogP contribution >= 0.6 is 23.4 Å². The first-order valence-corrected chi connectivity index (χ1v) is 10.4. The van der Waals surface area contributed by atoms with Gasteiger partial charge in [-0.1, -0.05) is 35.9 Å². The highest BCUT2D eigenvalue weighted by Gasteiger charge is 2.52. The first-order chi connectivity index (χ1) is 14.0. The third-order valence-electron chi connectivity index (χ3n) is 4.92. The van der Waals surface area contributed by atoms with E-state index in [1.807, 2.05) is 24.3 Å². The third-order valence-corrected chi connectivity index (χ3v) is 6.48. The maximum absolute atomic E-state index is 13.0. The molecule has 0 bridgehead atoms. The number of hydrogen-bond donors (Lipinski definition) is 1. The van der Waals surface area contributed by atoms with Gasteiger partial charge in [0, 0.05) is 16.3 Å². The highest BCUT2D eigenvalue weighted by molar-refractivity contribution is 8.00. The number of ether oxygens (including phenoxy) is 2. The lowest BCUT2D eigenvalue weighted by Crippen LogP contribution is -2.68. The fourth-order valence-corrected chi connectivity index (χ4v) is 4.77. The fourth-order valence-electron chi connectivity index (χ4n) is 3.32. The predicted octanol–water partition coefficient (Wildman–Crippen LogP) is 3.05. The lowest BCUT2D eigenvalue weighted by Gasteiger charge is -2.48. The van der Waals surface area contributed by atoms with Crippen LogP contribution in [0.3, 0.4) is 0 Å². The molecule has 2 atom stereocenters. The number of β-lactam (4-membered cyclic amide) rings is 1. The number of thioether (sulfide) groups is 1. The number of halogens is 1. The van der Waals surface area contributed by atoms with Gasteiger partial charge in [0.05, 0.1) is 7.11 Å². The number of hydrogen-bond acceptors (Lipinski definition) is 6.